The molecule has 0 radical (unpaired) electrons. The van der Waals surface area contributed by atoms with E-state index < -0.39 is 0 Å². The van der Waals surface area contributed by atoms with Gasteiger partial charge in [-0.15, -0.1) is 0 Å². The summed E-state index contributed by atoms with van der Waals surface area (Å²) in [7, 11) is 0. The molecular weight excluding hydrogens is 615 g/mol. The second-order valence-electron chi connectivity index (χ2n) is 14.1. The minimum atomic E-state index is 0.838. The van der Waals surface area contributed by atoms with Gasteiger partial charge in [-0.25, -0.2) is 0 Å². The maximum absolute atomic E-state index is 2.58. The Balaban J connectivity index is 1.47. The molecule has 1 heterocycles. The molecule has 9 aromatic rings. The third-order valence-corrected chi connectivity index (χ3v) is 10.8. The molecule has 51 heavy (non-hydrogen) atoms. The number of benzene rings is 8. The highest BCUT2D eigenvalue weighted by atomic mass is 15.0. The fourth-order valence-electron chi connectivity index (χ4n) is 8.47. The van der Waals surface area contributed by atoms with Gasteiger partial charge in [-0.05, 0) is 117 Å². The van der Waals surface area contributed by atoms with E-state index in [1.807, 2.05) is 0 Å². The summed E-state index contributed by atoms with van der Waals surface area (Å²) in [5.74, 6) is 0. The maximum atomic E-state index is 2.58. The average molecular weight is 656 g/mol. The molecule has 8 aromatic carbocycles. The molecule has 1 heteroatoms. The molecule has 0 atom stereocenters. The number of nitrogens with zero attached hydrogens (tertiary/aromatic N) is 1. The quantitative estimate of drug-likeness (QED) is 0.161. The summed E-state index contributed by atoms with van der Waals surface area (Å²) >= 11 is 0. The summed E-state index contributed by atoms with van der Waals surface area (Å²) < 4.78 is 2.58. The van der Waals surface area contributed by atoms with Crippen molar-refractivity contribution in [3.05, 3.63) is 186 Å². The number of rotatable bonds is 7. The Hall–Kier alpha value is -5.92. The lowest BCUT2D eigenvalue weighted by molar-refractivity contribution is 0.921. The third-order valence-electron chi connectivity index (χ3n) is 10.8. The minimum absolute atomic E-state index is 0.838. The van der Waals surface area contributed by atoms with Gasteiger partial charge < -0.3 is 4.57 Å². The van der Waals surface area contributed by atoms with E-state index in [9.17, 15) is 0 Å². The van der Waals surface area contributed by atoms with Crippen molar-refractivity contribution in [3.8, 4) is 27.9 Å². The second kappa shape index (κ2) is 12.8. The number of hydrogen-bond donors (Lipinski definition) is 0. The van der Waals surface area contributed by atoms with Crippen molar-refractivity contribution in [2.75, 3.05) is 0 Å². The predicted octanol–water partition coefficient (Wildman–Crippen LogP) is 13.6. The van der Waals surface area contributed by atoms with Crippen LogP contribution in [0.5, 0.6) is 0 Å². The molecule has 246 valence electrons. The largest absolute Gasteiger partial charge is 0.309 e. The maximum Gasteiger partial charge on any atom is 0.0622 e. The van der Waals surface area contributed by atoms with Crippen molar-refractivity contribution in [2.45, 2.75) is 40.0 Å². The normalized spacial score (nSPS) is 11.7. The molecule has 0 fully saturated rings. The minimum Gasteiger partial charge on any atom is -0.309 e. The zero-order valence-corrected chi connectivity index (χ0v) is 29.6. The van der Waals surface area contributed by atoms with Gasteiger partial charge in [0.05, 0.1) is 11.0 Å². The van der Waals surface area contributed by atoms with Gasteiger partial charge in [0.25, 0.3) is 0 Å². The summed E-state index contributed by atoms with van der Waals surface area (Å²) in [5.41, 5.74) is 15.7. The topological polar surface area (TPSA) is 4.93 Å². The van der Waals surface area contributed by atoms with E-state index in [0.717, 1.165) is 19.3 Å². The fourth-order valence-corrected chi connectivity index (χ4v) is 8.47. The SMILES string of the molecule is CCCc1cc(-n2c3cc4ccccc4cc3c3c(Cc4ccccc4)c(-c4ccccc4C)c4ccccc4c32)ccc1-c1ccccc1C. The Kier molecular flexibility index (Phi) is 7.78. The first-order valence-electron chi connectivity index (χ1n) is 18.3. The molecular formula is C50H41N. The highest BCUT2D eigenvalue weighted by Crippen LogP contribution is 2.47. The van der Waals surface area contributed by atoms with Crippen molar-refractivity contribution >= 4 is 43.4 Å². The second-order valence-corrected chi connectivity index (χ2v) is 14.1. The molecule has 0 aliphatic carbocycles. The first-order valence-corrected chi connectivity index (χ1v) is 18.3. The Bertz CT molecular complexity index is 2740. The van der Waals surface area contributed by atoms with Crippen LogP contribution in [0, 0.1) is 13.8 Å². The standard InChI is InChI=1S/C50H41N/c1-4-16-38-30-39(27-28-42(38)40-23-12-8-17-33(40)2)51-47-32-37-22-11-10-21-36(37)31-45(47)49-46(29-35-19-6-5-7-20-35)48(41-24-13-9-18-34(41)3)43-25-14-15-26-44(43)50(49)51/h5-15,17-28,30-32H,4,16,29H2,1-3H3. The van der Waals surface area contributed by atoms with Crippen molar-refractivity contribution in [1.82, 2.24) is 4.57 Å². The molecule has 1 aromatic heterocycles. The third kappa shape index (κ3) is 5.24. The van der Waals surface area contributed by atoms with Gasteiger partial charge in [0.1, 0.15) is 0 Å². The Morgan fingerprint density at radius 3 is 1.86 bits per heavy atom. The molecule has 0 saturated carbocycles. The predicted molar refractivity (Wildman–Crippen MR) is 219 cm³/mol. The molecule has 0 aliphatic rings. The Morgan fingerprint density at radius 1 is 0.510 bits per heavy atom. The van der Waals surface area contributed by atoms with Crippen molar-refractivity contribution in [3.63, 3.8) is 0 Å². The molecule has 9 rings (SSSR count). The summed E-state index contributed by atoms with van der Waals surface area (Å²) in [5, 5.41) is 7.74. The number of aryl methyl sites for hydroxylation is 3. The smallest absolute Gasteiger partial charge is 0.0622 e. The number of hydrogen-bond acceptors (Lipinski definition) is 0. The van der Waals surface area contributed by atoms with Crippen LogP contribution in [0.3, 0.4) is 0 Å². The van der Waals surface area contributed by atoms with Gasteiger partial charge in [-0.1, -0.05) is 147 Å². The zero-order valence-electron chi connectivity index (χ0n) is 29.6. The fraction of sp³-hybridized carbons (Fsp3) is 0.120. The summed E-state index contributed by atoms with van der Waals surface area (Å²) in [6.07, 6.45) is 2.95. The molecule has 0 spiro atoms. The Labute approximate surface area is 300 Å². The molecule has 0 unspecified atom stereocenters. The van der Waals surface area contributed by atoms with E-state index in [-0.39, 0.29) is 0 Å². The van der Waals surface area contributed by atoms with E-state index in [1.54, 1.807) is 0 Å². The van der Waals surface area contributed by atoms with Crippen LogP contribution in [-0.2, 0) is 12.8 Å². The van der Waals surface area contributed by atoms with E-state index in [1.165, 1.54) is 99.1 Å². The van der Waals surface area contributed by atoms with Crippen LogP contribution >= 0.6 is 0 Å². The van der Waals surface area contributed by atoms with Crippen LogP contribution in [-0.4, -0.2) is 4.57 Å². The monoisotopic (exact) mass is 655 g/mol. The summed E-state index contributed by atoms with van der Waals surface area (Å²) in [6.45, 7) is 6.77. The lowest BCUT2D eigenvalue weighted by atomic mass is 9.85. The van der Waals surface area contributed by atoms with E-state index >= 15 is 0 Å². The van der Waals surface area contributed by atoms with E-state index in [2.05, 4.69) is 183 Å². The van der Waals surface area contributed by atoms with Gasteiger partial charge in [-0.3, -0.25) is 0 Å². The van der Waals surface area contributed by atoms with Gasteiger partial charge in [0, 0.05) is 21.8 Å². The van der Waals surface area contributed by atoms with E-state index in [4.69, 9.17) is 0 Å². The van der Waals surface area contributed by atoms with Crippen molar-refractivity contribution < 1.29 is 0 Å². The Morgan fingerprint density at radius 2 is 1.14 bits per heavy atom. The van der Waals surface area contributed by atoms with Crippen LogP contribution in [0.4, 0.5) is 0 Å². The van der Waals surface area contributed by atoms with Crippen LogP contribution in [0.2, 0.25) is 0 Å². The number of fused-ring (bicyclic) bond motifs is 6. The molecule has 0 amide bonds. The van der Waals surface area contributed by atoms with Crippen LogP contribution < -0.4 is 0 Å². The van der Waals surface area contributed by atoms with Gasteiger partial charge in [-0.2, -0.15) is 0 Å². The van der Waals surface area contributed by atoms with Crippen molar-refractivity contribution in [2.24, 2.45) is 0 Å². The number of aromatic nitrogens is 1. The molecule has 0 bridgehead atoms. The van der Waals surface area contributed by atoms with Crippen LogP contribution in [0.15, 0.2) is 158 Å². The van der Waals surface area contributed by atoms with E-state index in [0.29, 0.717) is 0 Å². The van der Waals surface area contributed by atoms with Crippen LogP contribution in [0.1, 0.15) is 41.2 Å². The van der Waals surface area contributed by atoms with Crippen molar-refractivity contribution in [1.29, 1.82) is 0 Å². The van der Waals surface area contributed by atoms with Gasteiger partial charge in [0.15, 0.2) is 0 Å². The molecule has 0 N–H and O–H groups in total. The average Bonchev–Trinajstić information content (AvgIpc) is 3.49. The first-order chi connectivity index (χ1) is 25.1. The molecule has 0 aliphatic heterocycles. The van der Waals surface area contributed by atoms with Crippen LogP contribution in [0.25, 0.3) is 71.3 Å². The molecule has 1 nitrogen and oxygen atoms in total. The van der Waals surface area contributed by atoms with Gasteiger partial charge >= 0.3 is 0 Å². The summed E-state index contributed by atoms with van der Waals surface area (Å²) in [4.78, 5) is 0. The lowest BCUT2D eigenvalue weighted by Gasteiger charge is -2.20. The zero-order chi connectivity index (χ0) is 34.5. The highest BCUT2D eigenvalue weighted by molar-refractivity contribution is 6.25. The lowest BCUT2D eigenvalue weighted by Crippen LogP contribution is -2.01. The first kappa shape index (κ1) is 31.1. The molecule has 0 saturated heterocycles. The highest BCUT2D eigenvalue weighted by Gasteiger charge is 2.25. The summed E-state index contributed by atoms with van der Waals surface area (Å²) in [6, 6.07) is 58.7. The van der Waals surface area contributed by atoms with Gasteiger partial charge in [0.2, 0.25) is 0 Å².